The molecule has 0 fully saturated rings. The Morgan fingerprint density at radius 2 is 2.21 bits per heavy atom. The van der Waals surface area contributed by atoms with E-state index in [0.29, 0.717) is 17.7 Å². The highest BCUT2D eigenvalue weighted by Crippen LogP contribution is 2.18. The van der Waals surface area contributed by atoms with Crippen LogP contribution in [0.1, 0.15) is 21.5 Å². The average molecular weight is 276 g/mol. The first-order valence-electron chi connectivity index (χ1n) is 5.62. The van der Waals surface area contributed by atoms with Crippen LogP contribution in [-0.4, -0.2) is 10.8 Å². The minimum absolute atomic E-state index is 0.0226. The maximum absolute atomic E-state index is 11.9. The third-order valence-corrected chi connectivity index (χ3v) is 3.42. The van der Waals surface area contributed by atoms with Crippen molar-refractivity contribution in [3.8, 4) is 0 Å². The van der Waals surface area contributed by atoms with Crippen LogP contribution in [0.15, 0.2) is 35.0 Å². The third-order valence-electron chi connectivity index (χ3n) is 2.69. The molecule has 0 aliphatic rings. The van der Waals surface area contributed by atoms with Gasteiger partial charge in [0.15, 0.2) is 0 Å². The summed E-state index contributed by atoms with van der Waals surface area (Å²) in [6, 6.07) is 6.29. The van der Waals surface area contributed by atoms with Crippen LogP contribution in [-0.2, 0) is 6.54 Å². The summed E-state index contributed by atoms with van der Waals surface area (Å²) in [5, 5.41) is 17.4. The summed E-state index contributed by atoms with van der Waals surface area (Å²) >= 11 is 1.57. The second-order valence-electron chi connectivity index (χ2n) is 4.07. The van der Waals surface area contributed by atoms with Crippen molar-refractivity contribution in [2.24, 2.45) is 0 Å². The number of carbonyl (C=O) groups excluding carboxylic acids is 1. The van der Waals surface area contributed by atoms with E-state index in [-0.39, 0.29) is 11.6 Å². The molecule has 5 nitrogen and oxygen atoms in total. The number of amides is 1. The van der Waals surface area contributed by atoms with Crippen molar-refractivity contribution >= 4 is 22.9 Å². The van der Waals surface area contributed by atoms with Crippen molar-refractivity contribution < 1.29 is 9.72 Å². The molecule has 0 saturated heterocycles. The van der Waals surface area contributed by atoms with E-state index in [1.807, 2.05) is 16.8 Å². The Hall–Kier alpha value is -2.21. The summed E-state index contributed by atoms with van der Waals surface area (Å²) in [4.78, 5) is 22.1. The number of aryl methyl sites for hydroxylation is 1. The Morgan fingerprint density at radius 3 is 2.79 bits per heavy atom. The van der Waals surface area contributed by atoms with Crippen LogP contribution in [0.4, 0.5) is 5.69 Å². The molecule has 1 amide bonds. The van der Waals surface area contributed by atoms with Gasteiger partial charge in [0.1, 0.15) is 0 Å². The van der Waals surface area contributed by atoms with Crippen molar-refractivity contribution in [3.05, 3.63) is 61.8 Å². The second-order valence-corrected chi connectivity index (χ2v) is 4.85. The molecular formula is C13H12N2O3S. The standard InChI is InChI=1S/C13H12N2O3S/c1-9-6-11(2-3-12(9)15(17)18)13(16)14-7-10-4-5-19-8-10/h2-6,8H,7H2,1H3,(H,14,16). The Morgan fingerprint density at radius 1 is 1.42 bits per heavy atom. The normalized spacial score (nSPS) is 10.2. The molecule has 0 bridgehead atoms. The molecule has 1 aromatic heterocycles. The van der Waals surface area contributed by atoms with Gasteiger partial charge in [-0.3, -0.25) is 14.9 Å². The summed E-state index contributed by atoms with van der Waals surface area (Å²) in [5.41, 5.74) is 1.97. The number of nitrogens with zero attached hydrogens (tertiary/aromatic N) is 1. The number of rotatable bonds is 4. The van der Waals surface area contributed by atoms with E-state index in [1.165, 1.54) is 18.2 Å². The van der Waals surface area contributed by atoms with E-state index < -0.39 is 4.92 Å². The fourth-order valence-corrected chi connectivity index (χ4v) is 2.35. The second kappa shape index (κ2) is 5.62. The first-order valence-corrected chi connectivity index (χ1v) is 6.56. The lowest BCUT2D eigenvalue weighted by atomic mass is 10.1. The van der Waals surface area contributed by atoms with Gasteiger partial charge in [-0.25, -0.2) is 0 Å². The number of carbonyl (C=O) groups is 1. The van der Waals surface area contributed by atoms with Gasteiger partial charge in [-0.05, 0) is 41.4 Å². The fourth-order valence-electron chi connectivity index (χ4n) is 1.68. The van der Waals surface area contributed by atoms with E-state index in [4.69, 9.17) is 0 Å². The quantitative estimate of drug-likeness (QED) is 0.689. The Bertz CT molecular complexity index is 608. The van der Waals surface area contributed by atoms with Gasteiger partial charge in [0.05, 0.1) is 4.92 Å². The molecule has 6 heteroatoms. The molecule has 0 saturated carbocycles. The summed E-state index contributed by atoms with van der Waals surface area (Å²) < 4.78 is 0. The van der Waals surface area contributed by atoms with Gasteiger partial charge in [0.25, 0.3) is 11.6 Å². The molecule has 0 unspecified atom stereocenters. The van der Waals surface area contributed by atoms with Crippen molar-refractivity contribution in [2.75, 3.05) is 0 Å². The molecule has 0 aliphatic heterocycles. The predicted molar refractivity (Wildman–Crippen MR) is 73.3 cm³/mol. The zero-order chi connectivity index (χ0) is 13.8. The zero-order valence-corrected chi connectivity index (χ0v) is 11.1. The molecule has 19 heavy (non-hydrogen) atoms. The van der Waals surface area contributed by atoms with Gasteiger partial charge in [0.2, 0.25) is 0 Å². The van der Waals surface area contributed by atoms with Crippen LogP contribution in [0.25, 0.3) is 0 Å². The van der Waals surface area contributed by atoms with E-state index in [1.54, 1.807) is 18.3 Å². The van der Waals surface area contributed by atoms with Gasteiger partial charge in [-0.15, -0.1) is 0 Å². The van der Waals surface area contributed by atoms with E-state index >= 15 is 0 Å². The highest BCUT2D eigenvalue weighted by Gasteiger charge is 2.13. The molecule has 0 radical (unpaired) electrons. The molecule has 1 heterocycles. The minimum Gasteiger partial charge on any atom is -0.348 e. The van der Waals surface area contributed by atoms with Gasteiger partial charge < -0.3 is 5.32 Å². The maximum Gasteiger partial charge on any atom is 0.272 e. The molecule has 0 atom stereocenters. The predicted octanol–water partition coefficient (Wildman–Crippen LogP) is 2.89. The molecule has 1 aromatic carbocycles. The van der Waals surface area contributed by atoms with Gasteiger partial charge in [-0.1, -0.05) is 0 Å². The van der Waals surface area contributed by atoms with E-state index in [9.17, 15) is 14.9 Å². The van der Waals surface area contributed by atoms with Crippen molar-refractivity contribution in [2.45, 2.75) is 13.5 Å². The highest BCUT2D eigenvalue weighted by molar-refractivity contribution is 7.07. The lowest BCUT2D eigenvalue weighted by Gasteiger charge is -2.05. The molecule has 0 spiro atoms. The smallest absolute Gasteiger partial charge is 0.272 e. The Labute approximate surface area is 114 Å². The first kappa shape index (κ1) is 13.2. The number of thiophene rings is 1. The zero-order valence-electron chi connectivity index (χ0n) is 10.3. The van der Waals surface area contributed by atoms with E-state index in [0.717, 1.165) is 5.56 Å². The van der Waals surface area contributed by atoms with Crippen LogP contribution in [0, 0.1) is 17.0 Å². The third kappa shape index (κ3) is 3.17. The molecule has 2 aromatic rings. The summed E-state index contributed by atoms with van der Waals surface area (Å²) in [5.74, 6) is -0.232. The van der Waals surface area contributed by atoms with Crippen LogP contribution < -0.4 is 5.32 Å². The lowest BCUT2D eigenvalue weighted by Crippen LogP contribution is -2.22. The molecular weight excluding hydrogens is 264 g/mol. The topological polar surface area (TPSA) is 72.2 Å². The van der Waals surface area contributed by atoms with Gasteiger partial charge in [-0.2, -0.15) is 11.3 Å². The number of nitro groups is 1. The first-order chi connectivity index (χ1) is 9.08. The summed E-state index contributed by atoms with van der Waals surface area (Å²) in [7, 11) is 0. The highest BCUT2D eigenvalue weighted by atomic mass is 32.1. The van der Waals surface area contributed by atoms with Crippen molar-refractivity contribution in [3.63, 3.8) is 0 Å². The Kier molecular flexibility index (Phi) is 3.91. The van der Waals surface area contributed by atoms with Gasteiger partial charge in [0, 0.05) is 23.7 Å². The Balaban J connectivity index is 2.07. The molecule has 98 valence electrons. The summed E-state index contributed by atoms with van der Waals surface area (Å²) in [6.45, 7) is 2.08. The SMILES string of the molecule is Cc1cc(C(=O)NCc2ccsc2)ccc1[N+](=O)[O-]. The van der Waals surface area contributed by atoms with Crippen molar-refractivity contribution in [1.29, 1.82) is 0 Å². The van der Waals surface area contributed by atoms with Crippen LogP contribution in [0.5, 0.6) is 0 Å². The van der Waals surface area contributed by atoms with E-state index in [2.05, 4.69) is 5.32 Å². The molecule has 2 rings (SSSR count). The molecule has 0 aliphatic carbocycles. The number of hydrogen-bond acceptors (Lipinski definition) is 4. The monoisotopic (exact) mass is 276 g/mol. The number of nitro benzene ring substituents is 1. The molecule has 1 N–H and O–H groups in total. The average Bonchev–Trinajstić information content (AvgIpc) is 2.88. The van der Waals surface area contributed by atoms with Crippen molar-refractivity contribution in [1.82, 2.24) is 5.32 Å². The minimum atomic E-state index is -0.456. The summed E-state index contributed by atoms with van der Waals surface area (Å²) in [6.07, 6.45) is 0. The maximum atomic E-state index is 11.9. The largest absolute Gasteiger partial charge is 0.348 e. The van der Waals surface area contributed by atoms with Crippen LogP contribution in [0.3, 0.4) is 0 Å². The number of hydrogen-bond donors (Lipinski definition) is 1. The van der Waals surface area contributed by atoms with Gasteiger partial charge >= 0.3 is 0 Å². The number of benzene rings is 1. The fraction of sp³-hybridized carbons (Fsp3) is 0.154. The number of nitrogens with one attached hydrogen (secondary N) is 1. The van der Waals surface area contributed by atoms with Crippen LogP contribution in [0.2, 0.25) is 0 Å². The lowest BCUT2D eigenvalue weighted by molar-refractivity contribution is -0.385. The van der Waals surface area contributed by atoms with Crippen LogP contribution >= 0.6 is 11.3 Å².